The molecule has 1 N–H and O–H groups in total. The Hall–Kier alpha value is -2.60. The minimum Gasteiger partial charge on any atom is -0.493 e. The lowest BCUT2D eigenvalue weighted by atomic mass is 9.73. The van der Waals surface area contributed by atoms with Crippen molar-refractivity contribution in [2.75, 3.05) is 14.2 Å². The highest BCUT2D eigenvalue weighted by atomic mass is 79.9. The zero-order valence-electron chi connectivity index (χ0n) is 18.0. The maximum absolute atomic E-state index is 13.3. The van der Waals surface area contributed by atoms with Crippen molar-refractivity contribution in [1.29, 1.82) is 0 Å². The molecule has 6 heteroatoms. The molecule has 1 amide bonds. The van der Waals surface area contributed by atoms with E-state index in [0.29, 0.717) is 29.9 Å². The fraction of sp³-hybridized carbons (Fsp3) is 0.360. The molecule has 2 aromatic carbocycles. The Kier molecular flexibility index (Phi) is 6.19. The summed E-state index contributed by atoms with van der Waals surface area (Å²) in [5.74, 6) is 0.959. The summed E-state index contributed by atoms with van der Waals surface area (Å²) in [6, 6.07) is 12.1. The van der Waals surface area contributed by atoms with Gasteiger partial charge in [0.15, 0.2) is 17.3 Å². The Morgan fingerprint density at radius 2 is 1.68 bits per heavy atom. The topological polar surface area (TPSA) is 64.6 Å². The molecule has 4 rings (SSSR count). The third-order valence-electron chi connectivity index (χ3n) is 6.27. The number of carbonyl (C=O) groups is 2. The van der Waals surface area contributed by atoms with Gasteiger partial charge in [-0.1, -0.05) is 47.1 Å². The molecular formula is C25H26BrNO4. The van der Waals surface area contributed by atoms with Crippen LogP contribution < -0.4 is 14.8 Å². The Labute approximate surface area is 190 Å². The zero-order chi connectivity index (χ0) is 22.1. The van der Waals surface area contributed by atoms with E-state index in [1.807, 2.05) is 12.1 Å². The molecule has 0 fully saturated rings. The van der Waals surface area contributed by atoms with Gasteiger partial charge in [-0.15, -0.1) is 0 Å². The number of nitrogens with one attached hydrogen (secondary N) is 1. The largest absolute Gasteiger partial charge is 0.493 e. The minimum absolute atomic E-state index is 0.0692. The molecule has 0 aromatic heterocycles. The van der Waals surface area contributed by atoms with Crippen LogP contribution >= 0.6 is 15.9 Å². The van der Waals surface area contributed by atoms with Crippen molar-refractivity contribution >= 4 is 27.6 Å². The predicted octanol–water partition coefficient (Wildman–Crippen LogP) is 5.03. The van der Waals surface area contributed by atoms with Gasteiger partial charge in [-0.2, -0.15) is 0 Å². The Morgan fingerprint density at radius 3 is 2.32 bits per heavy atom. The summed E-state index contributed by atoms with van der Waals surface area (Å²) < 4.78 is 11.6. The lowest BCUT2D eigenvalue weighted by Gasteiger charge is -2.35. The molecule has 0 bridgehead atoms. The van der Waals surface area contributed by atoms with Crippen molar-refractivity contribution in [1.82, 2.24) is 5.32 Å². The van der Waals surface area contributed by atoms with Crippen LogP contribution in [0.15, 0.2) is 52.1 Å². The molecule has 1 heterocycles. The van der Waals surface area contributed by atoms with Gasteiger partial charge >= 0.3 is 0 Å². The minimum atomic E-state index is -0.311. The number of methoxy groups -OCH3 is 2. The number of Topliss-reactive ketones (excluding diaryl/α,β-unsaturated/α-hetero) is 1. The molecule has 5 nitrogen and oxygen atoms in total. The third-order valence-corrected chi connectivity index (χ3v) is 6.96. The second kappa shape index (κ2) is 8.87. The fourth-order valence-electron chi connectivity index (χ4n) is 4.62. The molecular weight excluding hydrogens is 458 g/mol. The van der Waals surface area contributed by atoms with Crippen molar-refractivity contribution in [3.63, 3.8) is 0 Å². The van der Waals surface area contributed by atoms with Crippen LogP contribution in [0.5, 0.6) is 11.5 Å². The number of amides is 1. The first-order chi connectivity index (χ1) is 14.9. The lowest BCUT2D eigenvalue weighted by molar-refractivity contribution is -0.122. The smallest absolute Gasteiger partial charge is 0.225 e. The molecule has 162 valence electrons. The van der Waals surface area contributed by atoms with Crippen molar-refractivity contribution in [3.8, 4) is 11.5 Å². The number of halogens is 1. The predicted molar refractivity (Wildman–Crippen MR) is 123 cm³/mol. The SMILES string of the molecule is CCc1ccc(C2CC(=O)C3=C(C2)NC(=O)CC3c2cc(OC)c(OC)cc2Br)cc1. The molecule has 0 spiro atoms. The number of rotatable bonds is 5. The van der Waals surface area contributed by atoms with E-state index in [2.05, 4.69) is 52.4 Å². The van der Waals surface area contributed by atoms with E-state index in [-0.39, 0.29) is 29.9 Å². The molecule has 1 aliphatic carbocycles. The summed E-state index contributed by atoms with van der Waals surface area (Å²) >= 11 is 3.60. The molecule has 0 radical (unpaired) electrons. The van der Waals surface area contributed by atoms with Crippen molar-refractivity contribution in [2.24, 2.45) is 0 Å². The second-order valence-electron chi connectivity index (χ2n) is 8.05. The van der Waals surface area contributed by atoms with Crippen LogP contribution in [-0.2, 0) is 16.0 Å². The highest BCUT2D eigenvalue weighted by molar-refractivity contribution is 9.10. The van der Waals surface area contributed by atoms with Gasteiger partial charge in [0.1, 0.15) is 0 Å². The van der Waals surface area contributed by atoms with Crippen LogP contribution in [0.2, 0.25) is 0 Å². The number of allylic oxidation sites excluding steroid dienone is 2. The van der Waals surface area contributed by atoms with Gasteiger partial charge in [0, 0.05) is 34.5 Å². The number of aryl methyl sites for hydroxylation is 1. The molecule has 2 aliphatic rings. The quantitative estimate of drug-likeness (QED) is 0.647. The van der Waals surface area contributed by atoms with E-state index in [4.69, 9.17) is 9.47 Å². The highest BCUT2D eigenvalue weighted by Crippen LogP contribution is 2.46. The monoisotopic (exact) mass is 483 g/mol. The molecule has 1 aliphatic heterocycles. The number of hydrogen-bond acceptors (Lipinski definition) is 4. The van der Waals surface area contributed by atoms with E-state index in [1.54, 1.807) is 14.2 Å². The summed E-state index contributed by atoms with van der Waals surface area (Å²) in [5, 5.41) is 2.99. The summed E-state index contributed by atoms with van der Waals surface area (Å²) in [6.07, 6.45) is 2.31. The average molecular weight is 484 g/mol. The summed E-state index contributed by atoms with van der Waals surface area (Å²) in [7, 11) is 3.16. The maximum atomic E-state index is 13.3. The van der Waals surface area contributed by atoms with Crippen LogP contribution in [0.4, 0.5) is 0 Å². The molecule has 0 saturated carbocycles. The number of benzene rings is 2. The van der Waals surface area contributed by atoms with Gasteiger partial charge in [0.2, 0.25) is 5.91 Å². The molecule has 2 aromatic rings. The summed E-state index contributed by atoms with van der Waals surface area (Å²) in [4.78, 5) is 25.9. The number of ketones is 1. The number of hydrogen-bond donors (Lipinski definition) is 1. The van der Waals surface area contributed by atoms with E-state index in [9.17, 15) is 9.59 Å². The summed E-state index contributed by atoms with van der Waals surface area (Å²) in [5.41, 5.74) is 4.74. The standard InChI is InChI=1S/C25H26BrNO4/c1-4-14-5-7-15(8-6-14)16-9-20-25(21(28)10-16)18(12-24(29)27-20)17-11-22(30-2)23(31-3)13-19(17)26/h5-8,11,13,16,18H,4,9-10,12H2,1-3H3,(H,27,29). The molecule has 0 saturated heterocycles. The molecule has 2 unspecified atom stereocenters. The fourth-order valence-corrected chi connectivity index (χ4v) is 5.22. The number of ether oxygens (including phenoxy) is 2. The van der Waals surface area contributed by atoms with Gasteiger partial charge in [-0.3, -0.25) is 9.59 Å². The molecule has 31 heavy (non-hydrogen) atoms. The van der Waals surface area contributed by atoms with Crippen molar-refractivity contribution in [2.45, 2.75) is 44.4 Å². The van der Waals surface area contributed by atoms with Crippen molar-refractivity contribution in [3.05, 3.63) is 68.8 Å². The first kappa shape index (κ1) is 21.6. The lowest BCUT2D eigenvalue weighted by Crippen LogP contribution is -2.38. The van der Waals surface area contributed by atoms with Gasteiger partial charge in [-0.25, -0.2) is 0 Å². The van der Waals surface area contributed by atoms with E-state index in [0.717, 1.165) is 27.7 Å². The average Bonchev–Trinajstić information content (AvgIpc) is 2.78. The second-order valence-corrected chi connectivity index (χ2v) is 8.90. The number of carbonyl (C=O) groups excluding carboxylic acids is 2. The van der Waals surface area contributed by atoms with Gasteiger partial charge in [0.05, 0.1) is 14.2 Å². The van der Waals surface area contributed by atoms with Crippen LogP contribution in [0.1, 0.15) is 54.7 Å². The van der Waals surface area contributed by atoms with Crippen LogP contribution in [0.25, 0.3) is 0 Å². The van der Waals surface area contributed by atoms with Gasteiger partial charge < -0.3 is 14.8 Å². The van der Waals surface area contributed by atoms with E-state index < -0.39 is 0 Å². The van der Waals surface area contributed by atoms with Gasteiger partial charge in [0.25, 0.3) is 0 Å². The zero-order valence-corrected chi connectivity index (χ0v) is 19.5. The van der Waals surface area contributed by atoms with Crippen LogP contribution in [0, 0.1) is 0 Å². The summed E-state index contributed by atoms with van der Waals surface area (Å²) in [6.45, 7) is 2.13. The van der Waals surface area contributed by atoms with Crippen LogP contribution in [-0.4, -0.2) is 25.9 Å². The van der Waals surface area contributed by atoms with Gasteiger partial charge in [-0.05, 0) is 47.6 Å². The van der Waals surface area contributed by atoms with Crippen molar-refractivity contribution < 1.29 is 19.1 Å². The normalized spacial score (nSPS) is 20.9. The Bertz CT molecular complexity index is 1060. The van der Waals surface area contributed by atoms with E-state index >= 15 is 0 Å². The Morgan fingerprint density at radius 1 is 1.00 bits per heavy atom. The highest BCUT2D eigenvalue weighted by Gasteiger charge is 2.39. The third kappa shape index (κ3) is 4.13. The first-order valence-corrected chi connectivity index (χ1v) is 11.3. The van der Waals surface area contributed by atoms with E-state index in [1.165, 1.54) is 5.56 Å². The maximum Gasteiger partial charge on any atom is 0.225 e. The van der Waals surface area contributed by atoms with Crippen LogP contribution in [0.3, 0.4) is 0 Å². The Balaban J connectivity index is 1.72. The molecule has 2 atom stereocenters. The first-order valence-electron chi connectivity index (χ1n) is 10.5.